The molecule has 0 spiro atoms. The van der Waals surface area contributed by atoms with Crippen molar-refractivity contribution >= 4 is 30.3 Å². The second kappa shape index (κ2) is 11.3. The first-order valence-corrected chi connectivity index (χ1v) is 11.1. The summed E-state index contributed by atoms with van der Waals surface area (Å²) in [7, 11) is 0. The van der Waals surface area contributed by atoms with Gasteiger partial charge in [-0.3, -0.25) is 19.4 Å². The fourth-order valence-corrected chi connectivity index (χ4v) is 3.63. The Hall–Kier alpha value is -2.68. The third-order valence-electron chi connectivity index (χ3n) is 5.73. The predicted molar refractivity (Wildman–Crippen MR) is 120 cm³/mol. The Kier molecular flexibility index (Phi) is 8.44. The van der Waals surface area contributed by atoms with Crippen LogP contribution >= 0.6 is 0 Å². The van der Waals surface area contributed by atoms with Gasteiger partial charge >= 0.3 is 0 Å². The minimum Gasteiger partial charge on any atom is -0.377 e. The van der Waals surface area contributed by atoms with Crippen molar-refractivity contribution in [1.82, 2.24) is 14.9 Å². The van der Waals surface area contributed by atoms with Crippen LogP contribution in [0.25, 0.3) is 12.2 Å². The van der Waals surface area contributed by atoms with Crippen molar-refractivity contribution in [2.45, 2.75) is 39.7 Å². The van der Waals surface area contributed by atoms with Gasteiger partial charge in [0.15, 0.2) is 0 Å². The monoisotopic (exact) mass is 441 g/mol. The van der Waals surface area contributed by atoms with E-state index in [1.807, 2.05) is 12.1 Å². The molecule has 1 fully saturated rings. The normalized spacial score (nSPS) is 20.2. The first kappa shape index (κ1) is 24.0. The van der Waals surface area contributed by atoms with Gasteiger partial charge in [0.05, 0.1) is 24.3 Å². The molecule has 2 aliphatic rings. The van der Waals surface area contributed by atoms with Crippen LogP contribution in [0.1, 0.15) is 49.9 Å². The maximum atomic E-state index is 11.9. The molecule has 172 valence electrons. The summed E-state index contributed by atoms with van der Waals surface area (Å²) in [6, 6.07) is 1.99. The zero-order valence-corrected chi connectivity index (χ0v) is 18.8. The van der Waals surface area contributed by atoms with E-state index in [2.05, 4.69) is 23.7 Å². The van der Waals surface area contributed by atoms with E-state index in [1.165, 1.54) is 0 Å². The number of hydrogen-bond acceptors (Lipinski definition) is 7. The first-order chi connectivity index (χ1) is 15.5. The average Bonchev–Trinajstić information content (AvgIpc) is 3.02. The van der Waals surface area contributed by atoms with E-state index < -0.39 is 5.41 Å². The van der Waals surface area contributed by atoms with E-state index in [0.717, 1.165) is 54.2 Å². The second-order valence-electron chi connectivity index (χ2n) is 8.00. The van der Waals surface area contributed by atoms with Gasteiger partial charge < -0.3 is 14.4 Å². The fraction of sp³-hybridized carbons (Fsp3) is 0.500. The van der Waals surface area contributed by atoms with Crippen molar-refractivity contribution in [2.75, 3.05) is 32.8 Å². The smallest absolute Gasteiger partial charge is 0.253 e. The van der Waals surface area contributed by atoms with Gasteiger partial charge in [0.2, 0.25) is 0 Å². The lowest BCUT2D eigenvalue weighted by Gasteiger charge is -2.22. The van der Waals surface area contributed by atoms with E-state index >= 15 is 0 Å². The molecule has 1 aliphatic carbocycles. The van der Waals surface area contributed by atoms with Crippen LogP contribution in [0.5, 0.6) is 0 Å². The molecule has 8 heteroatoms. The summed E-state index contributed by atoms with van der Waals surface area (Å²) >= 11 is 0. The van der Waals surface area contributed by atoms with Crippen molar-refractivity contribution in [3.63, 3.8) is 0 Å². The maximum absolute atomic E-state index is 11.9. The van der Waals surface area contributed by atoms with Gasteiger partial charge in [-0.15, -0.1) is 0 Å². The van der Waals surface area contributed by atoms with Gasteiger partial charge in [0, 0.05) is 37.8 Å². The summed E-state index contributed by atoms with van der Waals surface area (Å²) < 4.78 is 5.80. The number of hydrogen-bond donors (Lipinski definition) is 0. The summed E-state index contributed by atoms with van der Waals surface area (Å²) in [5.41, 5.74) is 1.45. The SMILES string of the molecule is CCN(CC)CCCOCc1cnc2c(c1)C=CC(C=O)(CON1C(=O)CCC1=O)C=C2. The number of aromatic nitrogens is 1. The number of fused-ring (bicyclic) bond motifs is 1. The van der Waals surface area contributed by atoms with Gasteiger partial charge in [0.1, 0.15) is 6.29 Å². The standard InChI is InChI=1S/C24H31N3O5/c1-3-26(4-2)12-5-13-31-16-19-14-20-8-10-24(17-28,11-9-21(20)25-15-19)18-32-27-22(29)6-7-23(27)30/h8-11,14-15,17H,3-7,12-13,16,18H2,1-2H3. The van der Waals surface area contributed by atoms with E-state index in [4.69, 9.17) is 9.57 Å². The zero-order valence-electron chi connectivity index (χ0n) is 18.8. The van der Waals surface area contributed by atoms with Crippen molar-refractivity contribution in [1.29, 1.82) is 0 Å². The lowest BCUT2D eigenvalue weighted by Crippen LogP contribution is -2.35. The number of rotatable bonds is 12. The molecule has 1 atom stereocenters. The van der Waals surface area contributed by atoms with Gasteiger partial charge in [-0.2, -0.15) is 5.06 Å². The highest BCUT2D eigenvalue weighted by Crippen LogP contribution is 2.28. The largest absolute Gasteiger partial charge is 0.377 e. The third-order valence-corrected chi connectivity index (χ3v) is 5.73. The lowest BCUT2D eigenvalue weighted by atomic mass is 9.90. The molecule has 1 aromatic rings. The van der Waals surface area contributed by atoms with Crippen LogP contribution in [0, 0.1) is 5.41 Å². The molecule has 32 heavy (non-hydrogen) atoms. The van der Waals surface area contributed by atoms with E-state index in [0.29, 0.717) is 13.2 Å². The summed E-state index contributed by atoms with van der Waals surface area (Å²) in [6.07, 6.45) is 10.7. The molecule has 1 aromatic heterocycles. The Morgan fingerprint density at radius 1 is 1.16 bits per heavy atom. The van der Waals surface area contributed by atoms with Crippen molar-refractivity contribution < 1.29 is 24.0 Å². The molecular weight excluding hydrogens is 410 g/mol. The Balaban J connectivity index is 1.58. The van der Waals surface area contributed by atoms with E-state index in [-0.39, 0.29) is 31.3 Å². The van der Waals surface area contributed by atoms with E-state index in [1.54, 1.807) is 24.4 Å². The van der Waals surface area contributed by atoms with Crippen LogP contribution in [0.4, 0.5) is 0 Å². The van der Waals surface area contributed by atoms with Gasteiger partial charge in [-0.25, -0.2) is 0 Å². The number of hydroxylamine groups is 2. The lowest BCUT2D eigenvalue weighted by molar-refractivity contribution is -0.192. The van der Waals surface area contributed by atoms with E-state index in [9.17, 15) is 14.4 Å². The first-order valence-electron chi connectivity index (χ1n) is 11.1. The van der Waals surface area contributed by atoms with Crippen molar-refractivity contribution in [3.8, 4) is 0 Å². The summed E-state index contributed by atoms with van der Waals surface area (Å²) in [6.45, 7) is 8.44. The highest BCUT2D eigenvalue weighted by atomic mass is 16.7. The molecule has 1 unspecified atom stereocenters. The molecule has 0 radical (unpaired) electrons. The molecule has 2 heterocycles. The van der Waals surface area contributed by atoms with Crippen LogP contribution in [0.3, 0.4) is 0 Å². The number of pyridine rings is 1. The number of carbonyl (C=O) groups excluding carboxylic acids is 3. The molecule has 1 saturated heterocycles. The average molecular weight is 442 g/mol. The van der Waals surface area contributed by atoms with Crippen LogP contribution in [-0.2, 0) is 30.6 Å². The Labute approximate surface area is 188 Å². The summed E-state index contributed by atoms with van der Waals surface area (Å²) in [4.78, 5) is 47.7. The Bertz CT molecular complexity index is 878. The highest BCUT2D eigenvalue weighted by Gasteiger charge is 2.34. The van der Waals surface area contributed by atoms with Crippen LogP contribution in [0.15, 0.2) is 24.4 Å². The Morgan fingerprint density at radius 3 is 2.56 bits per heavy atom. The summed E-state index contributed by atoms with van der Waals surface area (Å²) in [5.74, 6) is -0.770. The fourth-order valence-electron chi connectivity index (χ4n) is 3.63. The topological polar surface area (TPSA) is 89.0 Å². The molecule has 0 saturated carbocycles. The van der Waals surface area contributed by atoms with Crippen LogP contribution in [-0.4, -0.2) is 65.9 Å². The number of amides is 2. The Morgan fingerprint density at radius 2 is 1.88 bits per heavy atom. The quantitative estimate of drug-likeness (QED) is 0.280. The van der Waals surface area contributed by atoms with Crippen LogP contribution < -0.4 is 0 Å². The van der Waals surface area contributed by atoms with Crippen molar-refractivity contribution in [3.05, 3.63) is 41.2 Å². The molecule has 1 aliphatic heterocycles. The molecule has 3 rings (SSSR count). The van der Waals surface area contributed by atoms with Gasteiger partial charge in [0.25, 0.3) is 11.8 Å². The number of ether oxygens (including phenoxy) is 1. The van der Waals surface area contributed by atoms with Gasteiger partial charge in [-0.1, -0.05) is 32.1 Å². The summed E-state index contributed by atoms with van der Waals surface area (Å²) in [5, 5.41) is 0.763. The number of carbonyl (C=O) groups is 3. The number of imide groups is 1. The molecule has 0 N–H and O–H groups in total. The number of nitrogens with zero attached hydrogens (tertiary/aromatic N) is 3. The van der Waals surface area contributed by atoms with Crippen LogP contribution in [0.2, 0.25) is 0 Å². The third kappa shape index (κ3) is 5.97. The molecule has 8 nitrogen and oxygen atoms in total. The molecular formula is C24H31N3O5. The maximum Gasteiger partial charge on any atom is 0.253 e. The predicted octanol–water partition coefficient (Wildman–Crippen LogP) is 2.64. The zero-order chi connectivity index (χ0) is 23.0. The minimum absolute atomic E-state index is 0.133. The molecule has 2 amide bonds. The van der Waals surface area contributed by atoms with Crippen molar-refractivity contribution in [2.24, 2.45) is 5.41 Å². The molecule has 0 aromatic carbocycles. The number of aldehydes is 1. The second-order valence-corrected chi connectivity index (χ2v) is 8.00. The highest BCUT2D eigenvalue weighted by molar-refractivity contribution is 6.00. The van der Waals surface area contributed by atoms with Gasteiger partial charge in [-0.05, 0) is 37.2 Å². The minimum atomic E-state index is -1.09. The molecule has 0 bridgehead atoms.